The van der Waals surface area contributed by atoms with Crippen molar-refractivity contribution in [2.75, 3.05) is 7.11 Å². The number of esters is 1. The van der Waals surface area contributed by atoms with Crippen molar-refractivity contribution in [3.8, 4) is 0 Å². The highest BCUT2D eigenvalue weighted by Crippen LogP contribution is 2.08. The first-order valence-corrected chi connectivity index (χ1v) is 6.42. The molecule has 0 heterocycles. The molecule has 1 rings (SSSR count). The van der Waals surface area contributed by atoms with Gasteiger partial charge in [-0.25, -0.2) is 0 Å². The second kappa shape index (κ2) is 7.17. The molecular formula is C15H23NO2. The van der Waals surface area contributed by atoms with E-state index in [0.29, 0.717) is 0 Å². The fraction of sp³-hybridized carbons (Fsp3) is 0.533. The third-order valence-corrected chi connectivity index (χ3v) is 2.97. The van der Waals surface area contributed by atoms with E-state index in [4.69, 9.17) is 4.74 Å². The molecule has 0 aliphatic rings. The monoisotopic (exact) mass is 249 g/mol. The van der Waals surface area contributed by atoms with Crippen molar-refractivity contribution in [3.63, 3.8) is 0 Å². The molecule has 2 atom stereocenters. The maximum Gasteiger partial charge on any atom is 0.323 e. The van der Waals surface area contributed by atoms with Gasteiger partial charge in [0.15, 0.2) is 0 Å². The lowest BCUT2D eigenvalue weighted by molar-refractivity contribution is -0.144. The van der Waals surface area contributed by atoms with Crippen LogP contribution in [-0.4, -0.2) is 25.2 Å². The summed E-state index contributed by atoms with van der Waals surface area (Å²) in [7, 11) is 1.43. The van der Waals surface area contributed by atoms with E-state index >= 15 is 0 Å². The summed E-state index contributed by atoms with van der Waals surface area (Å²) in [6.07, 6.45) is 0.904. The van der Waals surface area contributed by atoms with Crippen LogP contribution in [0.3, 0.4) is 0 Å². The number of hydrogen-bond acceptors (Lipinski definition) is 3. The van der Waals surface area contributed by atoms with Gasteiger partial charge in [0.1, 0.15) is 6.04 Å². The molecule has 0 aromatic heterocycles. The summed E-state index contributed by atoms with van der Waals surface area (Å²) in [6, 6.07) is 10.3. The lowest BCUT2D eigenvalue weighted by atomic mass is 10.0. The Morgan fingerprint density at radius 2 is 1.83 bits per heavy atom. The van der Waals surface area contributed by atoms with Gasteiger partial charge in [0, 0.05) is 6.04 Å². The Morgan fingerprint density at radius 1 is 1.22 bits per heavy atom. The molecule has 0 spiro atoms. The minimum absolute atomic E-state index is 0.190. The van der Waals surface area contributed by atoms with E-state index in [0.717, 1.165) is 6.42 Å². The highest BCUT2D eigenvalue weighted by atomic mass is 16.5. The van der Waals surface area contributed by atoms with Crippen LogP contribution >= 0.6 is 0 Å². The van der Waals surface area contributed by atoms with Crippen molar-refractivity contribution in [1.82, 2.24) is 5.32 Å². The molecule has 1 unspecified atom stereocenters. The van der Waals surface area contributed by atoms with E-state index in [2.05, 4.69) is 24.4 Å². The van der Waals surface area contributed by atoms with E-state index in [1.165, 1.54) is 12.7 Å². The summed E-state index contributed by atoms with van der Waals surface area (Å²) >= 11 is 0. The molecule has 0 aliphatic heterocycles. The number of carbonyl (C=O) groups excluding carboxylic acids is 1. The van der Waals surface area contributed by atoms with Crippen LogP contribution in [0, 0.1) is 5.92 Å². The molecule has 0 radical (unpaired) electrons. The second-order valence-corrected chi connectivity index (χ2v) is 5.00. The Labute approximate surface area is 110 Å². The van der Waals surface area contributed by atoms with E-state index in [9.17, 15) is 4.79 Å². The van der Waals surface area contributed by atoms with Crippen molar-refractivity contribution in [1.29, 1.82) is 0 Å². The lowest BCUT2D eigenvalue weighted by Gasteiger charge is -2.24. The first kappa shape index (κ1) is 14.7. The topological polar surface area (TPSA) is 38.3 Å². The molecule has 3 heteroatoms. The van der Waals surface area contributed by atoms with Crippen molar-refractivity contribution in [3.05, 3.63) is 35.9 Å². The first-order chi connectivity index (χ1) is 8.54. The van der Waals surface area contributed by atoms with Crippen LogP contribution in [0.5, 0.6) is 0 Å². The molecule has 18 heavy (non-hydrogen) atoms. The third kappa shape index (κ3) is 4.49. The number of nitrogens with one attached hydrogen (secondary N) is 1. The Hall–Kier alpha value is -1.35. The smallest absolute Gasteiger partial charge is 0.323 e. The second-order valence-electron chi connectivity index (χ2n) is 5.00. The zero-order valence-electron chi connectivity index (χ0n) is 11.6. The van der Waals surface area contributed by atoms with Crippen molar-refractivity contribution < 1.29 is 9.53 Å². The predicted octanol–water partition coefficient (Wildman–Crippen LogP) is 2.40. The quantitative estimate of drug-likeness (QED) is 0.787. The molecule has 0 fully saturated rings. The maximum atomic E-state index is 11.7. The largest absolute Gasteiger partial charge is 0.468 e. The number of rotatable bonds is 6. The molecule has 1 aromatic carbocycles. The van der Waals surface area contributed by atoms with Gasteiger partial charge in [-0.05, 0) is 24.8 Å². The third-order valence-electron chi connectivity index (χ3n) is 2.97. The van der Waals surface area contributed by atoms with Crippen LogP contribution < -0.4 is 5.32 Å². The number of hydrogen-bond donors (Lipinski definition) is 1. The Balaban J connectivity index is 2.56. The van der Waals surface area contributed by atoms with E-state index in [-0.39, 0.29) is 24.0 Å². The van der Waals surface area contributed by atoms with Gasteiger partial charge in [-0.1, -0.05) is 44.2 Å². The average Bonchev–Trinajstić information content (AvgIpc) is 2.36. The normalized spacial score (nSPS) is 14.3. The molecule has 1 aromatic rings. The van der Waals surface area contributed by atoms with Crippen LogP contribution in [0.4, 0.5) is 0 Å². The van der Waals surface area contributed by atoms with Crippen LogP contribution in [0.25, 0.3) is 0 Å². The number of carbonyl (C=O) groups is 1. The van der Waals surface area contributed by atoms with Crippen molar-refractivity contribution >= 4 is 5.97 Å². The van der Waals surface area contributed by atoms with Gasteiger partial charge >= 0.3 is 5.97 Å². The maximum absolute atomic E-state index is 11.7. The standard InChI is InChI=1S/C15H23NO2/c1-11(2)14(15(17)18-4)16-12(3)10-13-8-6-5-7-9-13/h5-9,11-12,14,16H,10H2,1-4H3/t12?,14-/m0/s1. The zero-order valence-corrected chi connectivity index (χ0v) is 11.6. The Kier molecular flexibility index (Phi) is 5.86. The highest BCUT2D eigenvalue weighted by Gasteiger charge is 2.24. The number of benzene rings is 1. The summed E-state index contributed by atoms with van der Waals surface area (Å²) in [5.74, 6) is 0.0283. The minimum atomic E-state index is -0.242. The van der Waals surface area contributed by atoms with Crippen LogP contribution in [0.1, 0.15) is 26.3 Å². The van der Waals surface area contributed by atoms with Gasteiger partial charge in [0.25, 0.3) is 0 Å². The van der Waals surface area contributed by atoms with E-state index in [1.807, 2.05) is 32.0 Å². The summed E-state index contributed by atoms with van der Waals surface area (Å²) in [4.78, 5) is 11.7. The molecule has 0 amide bonds. The molecule has 0 aliphatic carbocycles. The Morgan fingerprint density at radius 3 is 2.33 bits per heavy atom. The molecular weight excluding hydrogens is 226 g/mol. The van der Waals surface area contributed by atoms with Gasteiger partial charge in [0.05, 0.1) is 7.11 Å². The summed E-state index contributed by atoms with van der Waals surface area (Å²) < 4.78 is 4.82. The van der Waals surface area contributed by atoms with Crippen molar-refractivity contribution in [2.45, 2.75) is 39.3 Å². The van der Waals surface area contributed by atoms with Gasteiger partial charge in [-0.2, -0.15) is 0 Å². The van der Waals surface area contributed by atoms with Gasteiger partial charge in [0.2, 0.25) is 0 Å². The number of ether oxygens (including phenoxy) is 1. The van der Waals surface area contributed by atoms with Gasteiger partial charge in [-0.3, -0.25) is 4.79 Å². The fourth-order valence-electron chi connectivity index (χ4n) is 1.99. The highest BCUT2D eigenvalue weighted by molar-refractivity contribution is 5.75. The molecule has 0 saturated carbocycles. The first-order valence-electron chi connectivity index (χ1n) is 6.42. The van der Waals surface area contributed by atoms with Gasteiger partial charge in [-0.15, -0.1) is 0 Å². The van der Waals surface area contributed by atoms with Crippen LogP contribution in [0.15, 0.2) is 30.3 Å². The molecule has 100 valence electrons. The fourth-order valence-corrected chi connectivity index (χ4v) is 1.99. The SMILES string of the molecule is COC(=O)[C@@H](NC(C)Cc1ccccc1)C(C)C. The van der Waals surface area contributed by atoms with Crippen molar-refractivity contribution in [2.24, 2.45) is 5.92 Å². The molecule has 1 N–H and O–H groups in total. The van der Waals surface area contributed by atoms with Crippen LogP contribution in [-0.2, 0) is 16.0 Å². The average molecular weight is 249 g/mol. The summed E-state index contributed by atoms with van der Waals surface area (Å²) in [5, 5.41) is 3.34. The predicted molar refractivity (Wildman–Crippen MR) is 73.4 cm³/mol. The minimum Gasteiger partial charge on any atom is -0.468 e. The molecule has 3 nitrogen and oxygen atoms in total. The lowest BCUT2D eigenvalue weighted by Crippen LogP contribution is -2.46. The number of methoxy groups -OCH3 is 1. The molecule has 0 saturated heterocycles. The van der Waals surface area contributed by atoms with Crippen LogP contribution in [0.2, 0.25) is 0 Å². The van der Waals surface area contributed by atoms with Gasteiger partial charge < -0.3 is 10.1 Å². The van der Waals surface area contributed by atoms with E-state index in [1.54, 1.807) is 0 Å². The Bertz CT molecular complexity index is 362. The van der Waals surface area contributed by atoms with E-state index < -0.39 is 0 Å². The molecule has 0 bridgehead atoms. The summed E-state index contributed by atoms with van der Waals surface area (Å²) in [5.41, 5.74) is 1.27. The zero-order chi connectivity index (χ0) is 13.5. The summed E-state index contributed by atoms with van der Waals surface area (Å²) in [6.45, 7) is 6.12.